The van der Waals surface area contributed by atoms with Crippen LogP contribution in [0.3, 0.4) is 0 Å². The van der Waals surface area contributed by atoms with Crippen molar-refractivity contribution in [1.82, 2.24) is 0 Å². The molecule has 12 unspecified atom stereocenters. The molecule has 0 bridgehead atoms. The normalized spacial score (nSPS) is 28.0. The van der Waals surface area contributed by atoms with Crippen LogP contribution in [0.5, 0.6) is 0 Å². The minimum absolute atomic E-state index is 0.0647. The van der Waals surface area contributed by atoms with Crippen LogP contribution in [0.25, 0.3) is 0 Å². The number of hydrogen-bond donors (Lipinski definition) is 1. The number of cyclic esters (lactones) is 5. The fraction of sp³-hybridized carbons (Fsp3) is 0.815. The van der Waals surface area contributed by atoms with E-state index in [4.69, 9.17) is 59.0 Å². The molecule has 7 rings (SSSR count). The number of alkyl halides is 1. The Bertz CT molecular complexity index is 2560. The van der Waals surface area contributed by atoms with E-state index in [1.54, 1.807) is 55.4 Å². The van der Waals surface area contributed by atoms with Gasteiger partial charge in [-0.05, 0) is 127 Å². The van der Waals surface area contributed by atoms with E-state index < -0.39 is 92.3 Å². The minimum Gasteiger partial charge on any atom is -0.465 e. The maximum Gasteiger partial charge on any atom is 0.350 e. The van der Waals surface area contributed by atoms with Crippen LogP contribution in [-0.4, -0.2) is 156 Å². The highest BCUT2D eigenvalue weighted by Crippen LogP contribution is 2.45. The number of rotatable bonds is 18. The number of hydrogen-bond acceptors (Lipinski definition) is 25. The number of aliphatic hydroxyl groups is 1. The number of esters is 12. The van der Waals surface area contributed by atoms with E-state index in [1.807, 2.05) is 76.2 Å². The fourth-order valence-electron chi connectivity index (χ4n) is 8.38. The molecule has 0 amide bonds. The second kappa shape index (κ2) is 34.7. The molecule has 7 aliphatic rings. The molecule has 7 fully saturated rings. The van der Waals surface area contributed by atoms with Crippen molar-refractivity contribution < 1.29 is 119 Å². The lowest BCUT2D eigenvalue weighted by molar-refractivity contribution is -0.215. The summed E-state index contributed by atoms with van der Waals surface area (Å²) in [4.78, 5) is 137. The van der Waals surface area contributed by atoms with Crippen molar-refractivity contribution in [1.29, 1.82) is 0 Å². The standard InChI is InChI=1S/C13H20O4.3C11H18O4.C10H16O5.C9H13ClO4/c1-4-12(2,3)11(15)17-13-7-5-6-9(13)16-10(14)8-13;1-5-10(2,3)9(13)15-11(4)7-6-8(12)14-11;1-5-11(3,4)10(13)15-8-6-7(2)14-9(8)12;1-4-8(2)10(13)15-11(3)5-6-14-9(12)7-11;1-4-10(2,3)9(13)15-7-6(11)5-14-8(7)12;1-3-5(2)8(11)14-6-4-13-9(12)7(6)10/h9H,4-8H2,1-3H3;5-7H2,1-4H3;7-8H,5-6H2,1-4H3;8H,4-7H2,1-3H3;6-7,11H,4-5H2,1-3H3;5-7H,3-4H2,1-2H3. The Labute approximate surface area is 540 Å². The van der Waals surface area contributed by atoms with Crippen molar-refractivity contribution >= 4 is 83.2 Å². The SMILES string of the molecule is CCC(C)(C)C(=O)OC1(C)CCC(=O)O1.CCC(C)(C)C(=O)OC12CCCC1OC(=O)C2.CCC(C)(C)C(=O)OC1C(=O)OCC1O.CCC(C)(C)C(=O)OC1CC(C)OC1=O.CCC(C)C(=O)OC1(C)CCOC(=O)C1.CCC(C)C(=O)OC1COC(=O)C1Cl. The number of aliphatic hydroxyl groups excluding tert-OH is 1. The van der Waals surface area contributed by atoms with Gasteiger partial charge in [0.1, 0.15) is 37.1 Å². The zero-order chi connectivity index (χ0) is 69.8. The smallest absolute Gasteiger partial charge is 0.350 e. The lowest BCUT2D eigenvalue weighted by atomic mass is 9.89. The number of fused-ring (bicyclic) bond motifs is 1. The Morgan fingerprint density at radius 3 is 1.56 bits per heavy atom. The van der Waals surface area contributed by atoms with Crippen LogP contribution in [0.1, 0.15) is 228 Å². The van der Waals surface area contributed by atoms with Crippen molar-refractivity contribution in [3.63, 3.8) is 0 Å². The Balaban J connectivity index is 0.000000372. The lowest BCUT2D eigenvalue weighted by Gasteiger charge is -2.32. The quantitative estimate of drug-likeness (QED) is 0.0760. The molecule has 0 aromatic heterocycles. The monoisotopic (exact) mass is 1320 g/mol. The van der Waals surface area contributed by atoms with Crippen LogP contribution in [-0.2, 0) is 114 Å². The van der Waals surface area contributed by atoms with Crippen LogP contribution in [0.15, 0.2) is 0 Å². The topological polar surface area (TPSA) is 336 Å². The Kier molecular flexibility index (Phi) is 30.9. The number of carbonyl (C=O) groups excluding carboxylic acids is 12. The van der Waals surface area contributed by atoms with E-state index in [9.17, 15) is 62.6 Å². The average molecular weight is 1320 g/mol. The van der Waals surface area contributed by atoms with Crippen molar-refractivity contribution in [3.05, 3.63) is 0 Å². The van der Waals surface area contributed by atoms with Crippen LogP contribution in [0, 0.1) is 33.5 Å². The minimum atomic E-state index is -1.16. The third-order valence-corrected chi connectivity index (χ3v) is 17.9. The highest BCUT2D eigenvalue weighted by Gasteiger charge is 2.56. The van der Waals surface area contributed by atoms with Crippen LogP contribution in [0.2, 0.25) is 0 Å². The molecule has 6 aliphatic heterocycles. The molecule has 25 nitrogen and oxygen atoms in total. The molecule has 1 saturated carbocycles. The summed E-state index contributed by atoms with van der Waals surface area (Å²) in [6, 6.07) is 0. The first-order valence-corrected chi connectivity index (χ1v) is 32.1. The van der Waals surface area contributed by atoms with E-state index in [-0.39, 0.29) is 97.9 Å². The second-order valence-corrected chi connectivity index (χ2v) is 27.5. The summed E-state index contributed by atoms with van der Waals surface area (Å²) in [5, 5.41) is 8.47. The van der Waals surface area contributed by atoms with Gasteiger partial charge in [-0.15, -0.1) is 11.6 Å². The predicted molar refractivity (Wildman–Crippen MR) is 324 cm³/mol. The van der Waals surface area contributed by atoms with E-state index in [1.165, 1.54) is 0 Å². The molecule has 91 heavy (non-hydrogen) atoms. The first-order chi connectivity index (χ1) is 42.0. The first-order valence-electron chi connectivity index (χ1n) is 31.7. The van der Waals surface area contributed by atoms with E-state index in [0.29, 0.717) is 58.0 Å². The number of carbonyl (C=O) groups is 12. The molecule has 12 atom stereocenters. The molecule has 0 radical (unpaired) electrons. The van der Waals surface area contributed by atoms with Crippen LogP contribution < -0.4 is 0 Å². The number of halogens is 1. The zero-order valence-electron chi connectivity index (χ0n) is 57.0. The average Bonchev–Trinajstić information content (AvgIpc) is 1.65. The van der Waals surface area contributed by atoms with Crippen molar-refractivity contribution in [2.24, 2.45) is 33.5 Å². The molecule has 6 heterocycles. The summed E-state index contributed by atoms with van der Waals surface area (Å²) in [6.07, 6.45) is 4.93. The summed E-state index contributed by atoms with van der Waals surface area (Å²) in [5.41, 5.74) is -3.54. The maximum absolute atomic E-state index is 12.1. The maximum atomic E-state index is 12.1. The summed E-state index contributed by atoms with van der Waals surface area (Å²) < 4.78 is 60.5. The van der Waals surface area contributed by atoms with E-state index >= 15 is 0 Å². The van der Waals surface area contributed by atoms with Crippen molar-refractivity contribution in [2.45, 2.75) is 287 Å². The molecular formula is C65H103ClO25. The summed E-state index contributed by atoms with van der Waals surface area (Å²) in [7, 11) is 0. The lowest BCUT2D eigenvalue weighted by Crippen LogP contribution is -2.42. The van der Waals surface area contributed by atoms with Gasteiger partial charge < -0.3 is 61.9 Å². The Morgan fingerprint density at radius 1 is 0.593 bits per heavy atom. The summed E-state index contributed by atoms with van der Waals surface area (Å²) in [6.45, 7) is 35.0. The molecule has 26 heteroatoms. The van der Waals surface area contributed by atoms with Gasteiger partial charge in [0.25, 0.3) is 5.79 Å². The van der Waals surface area contributed by atoms with E-state index in [2.05, 4.69) is 9.47 Å². The van der Waals surface area contributed by atoms with Gasteiger partial charge in [-0.25, -0.2) is 9.59 Å². The third kappa shape index (κ3) is 24.4. The van der Waals surface area contributed by atoms with Crippen LogP contribution in [0.4, 0.5) is 0 Å². The van der Waals surface area contributed by atoms with Gasteiger partial charge in [0.15, 0.2) is 17.1 Å². The summed E-state index contributed by atoms with van der Waals surface area (Å²) >= 11 is 5.67. The Morgan fingerprint density at radius 2 is 1.11 bits per heavy atom. The van der Waals surface area contributed by atoms with Gasteiger partial charge >= 0.3 is 71.6 Å². The first kappa shape index (κ1) is 81.0. The second-order valence-electron chi connectivity index (χ2n) is 27.0. The molecule has 0 spiro atoms. The van der Waals surface area contributed by atoms with Gasteiger partial charge in [0.05, 0.1) is 59.4 Å². The molecule has 1 N–H and O–H groups in total. The van der Waals surface area contributed by atoms with Gasteiger partial charge in [-0.3, -0.25) is 47.9 Å². The zero-order valence-corrected chi connectivity index (χ0v) is 57.8. The highest BCUT2D eigenvalue weighted by atomic mass is 35.5. The highest BCUT2D eigenvalue weighted by molar-refractivity contribution is 6.31. The number of ether oxygens (including phenoxy) is 12. The van der Waals surface area contributed by atoms with Gasteiger partial charge in [0, 0.05) is 26.2 Å². The van der Waals surface area contributed by atoms with Crippen LogP contribution >= 0.6 is 11.6 Å². The molecule has 0 aromatic rings. The van der Waals surface area contributed by atoms with Crippen molar-refractivity contribution in [3.8, 4) is 0 Å². The molecule has 6 saturated heterocycles. The van der Waals surface area contributed by atoms with Gasteiger partial charge in [-0.2, -0.15) is 0 Å². The molecule has 1 aliphatic carbocycles. The van der Waals surface area contributed by atoms with Gasteiger partial charge in [0.2, 0.25) is 12.2 Å². The van der Waals surface area contributed by atoms with Crippen molar-refractivity contribution in [2.75, 3.05) is 19.8 Å². The van der Waals surface area contributed by atoms with Gasteiger partial charge in [-0.1, -0.05) is 55.4 Å². The third-order valence-electron chi connectivity index (χ3n) is 17.4. The Hall–Kier alpha value is -6.11. The predicted octanol–water partition coefficient (Wildman–Crippen LogP) is 8.92. The molecule has 0 aromatic carbocycles. The molecule has 520 valence electrons. The molecular weight excluding hydrogens is 1220 g/mol. The largest absolute Gasteiger partial charge is 0.465 e. The summed E-state index contributed by atoms with van der Waals surface area (Å²) in [5.74, 6) is -5.72. The van der Waals surface area contributed by atoms with E-state index in [0.717, 1.165) is 32.1 Å². The fourth-order valence-corrected chi connectivity index (χ4v) is 8.57.